The van der Waals surface area contributed by atoms with Crippen LogP contribution in [0.3, 0.4) is 0 Å². The topological polar surface area (TPSA) is 21.1 Å². The Morgan fingerprint density at radius 2 is 2.00 bits per heavy atom. The van der Waals surface area contributed by atoms with Gasteiger partial charge in [0, 0.05) is 25.7 Å². The zero-order valence-electron chi connectivity index (χ0n) is 9.84. The molecule has 0 atom stereocenters. The van der Waals surface area contributed by atoms with Gasteiger partial charge in [0.2, 0.25) is 0 Å². The maximum atomic E-state index is 5.97. The predicted molar refractivity (Wildman–Crippen MR) is 63.5 cm³/mol. The van der Waals surface area contributed by atoms with Gasteiger partial charge in [-0.2, -0.15) is 5.10 Å². The van der Waals surface area contributed by atoms with Crippen LogP contribution in [0.15, 0.2) is 0 Å². The monoisotopic (exact) mass is 227 g/mol. The quantitative estimate of drug-likeness (QED) is 0.723. The van der Waals surface area contributed by atoms with Crippen LogP contribution in [0.1, 0.15) is 25.1 Å². The first kappa shape index (κ1) is 10.8. The molecule has 0 spiro atoms. The third kappa shape index (κ3) is 1.73. The molecule has 0 saturated carbocycles. The van der Waals surface area contributed by atoms with E-state index in [9.17, 15) is 0 Å². The lowest BCUT2D eigenvalue weighted by molar-refractivity contribution is 0.272. The van der Waals surface area contributed by atoms with Gasteiger partial charge >= 0.3 is 0 Å². The number of nitrogens with zero attached hydrogens (tertiary/aromatic N) is 3. The molecule has 1 aromatic heterocycles. The molecule has 2 rings (SSSR count). The van der Waals surface area contributed by atoms with Crippen molar-refractivity contribution in [2.75, 3.05) is 18.0 Å². The van der Waals surface area contributed by atoms with E-state index >= 15 is 0 Å². The number of hydrogen-bond donors (Lipinski definition) is 0. The molecule has 1 saturated heterocycles. The van der Waals surface area contributed by atoms with Gasteiger partial charge in [-0.1, -0.05) is 13.8 Å². The summed E-state index contributed by atoms with van der Waals surface area (Å²) in [6.07, 6.45) is 0. The molecule has 3 nitrogen and oxygen atoms in total. The second-order valence-electron chi connectivity index (χ2n) is 5.17. The maximum Gasteiger partial charge on any atom is 0.131 e. The van der Waals surface area contributed by atoms with Crippen LogP contribution < -0.4 is 4.90 Å². The van der Waals surface area contributed by atoms with Crippen LogP contribution >= 0.6 is 11.6 Å². The molecule has 0 amide bonds. The lowest BCUT2D eigenvalue weighted by Gasteiger charge is -2.47. The Kier molecular flexibility index (Phi) is 2.45. The number of hydrogen-bond acceptors (Lipinski definition) is 2. The van der Waals surface area contributed by atoms with Gasteiger partial charge < -0.3 is 4.90 Å². The van der Waals surface area contributed by atoms with E-state index in [0.29, 0.717) is 11.3 Å². The third-order valence-electron chi connectivity index (χ3n) is 2.98. The predicted octanol–water partition coefficient (Wildman–Crippen LogP) is 2.31. The molecule has 0 aliphatic carbocycles. The highest BCUT2D eigenvalue weighted by atomic mass is 35.5. The van der Waals surface area contributed by atoms with E-state index in [-0.39, 0.29) is 0 Å². The summed E-state index contributed by atoms with van der Waals surface area (Å²) in [5, 5.41) is 4.42. The SMILES string of the molecule is Cc1nn(C)c(N2CC(C)(C)C2)c1CCl. The molecule has 4 heteroatoms. The van der Waals surface area contributed by atoms with Gasteiger partial charge in [0.15, 0.2) is 0 Å². The minimum absolute atomic E-state index is 0.432. The lowest BCUT2D eigenvalue weighted by Crippen LogP contribution is -2.54. The van der Waals surface area contributed by atoms with Crippen molar-refractivity contribution in [3.8, 4) is 0 Å². The minimum atomic E-state index is 0.432. The van der Waals surface area contributed by atoms with E-state index in [1.54, 1.807) is 0 Å². The van der Waals surface area contributed by atoms with Crippen molar-refractivity contribution in [3.05, 3.63) is 11.3 Å². The van der Waals surface area contributed by atoms with Gasteiger partial charge in [-0.15, -0.1) is 11.6 Å². The van der Waals surface area contributed by atoms with Crippen LogP contribution in [0.4, 0.5) is 5.82 Å². The lowest BCUT2D eigenvalue weighted by atomic mass is 9.84. The van der Waals surface area contributed by atoms with Crippen LogP contribution in [-0.2, 0) is 12.9 Å². The fourth-order valence-corrected chi connectivity index (χ4v) is 2.69. The summed E-state index contributed by atoms with van der Waals surface area (Å²) in [6, 6.07) is 0. The molecule has 2 heterocycles. The van der Waals surface area contributed by atoms with Gasteiger partial charge in [-0.25, -0.2) is 0 Å². The number of alkyl halides is 1. The van der Waals surface area contributed by atoms with Crippen molar-refractivity contribution >= 4 is 17.4 Å². The average Bonchev–Trinajstić information content (AvgIpc) is 2.35. The summed E-state index contributed by atoms with van der Waals surface area (Å²) >= 11 is 5.97. The number of rotatable bonds is 2. The van der Waals surface area contributed by atoms with E-state index in [2.05, 4.69) is 23.8 Å². The summed E-state index contributed by atoms with van der Waals surface area (Å²) in [4.78, 5) is 2.36. The van der Waals surface area contributed by atoms with Crippen molar-refractivity contribution in [2.45, 2.75) is 26.7 Å². The Balaban J connectivity index is 2.29. The molecule has 0 unspecified atom stereocenters. The van der Waals surface area contributed by atoms with Crippen molar-refractivity contribution < 1.29 is 0 Å². The maximum absolute atomic E-state index is 5.97. The van der Waals surface area contributed by atoms with Crippen LogP contribution in [-0.4, -0.2) is 22.9 Å². The van der Waals surface area contributed by atoms with E-state index in [1.165, 1.54) is 11.4 Å². The summed E-state index contributed by atoms with van der Waals surface area (Å²) < 4.78 is 1.95. The summed E-state index contributed by atoms with van der Waals surface area (Å²) in [5.41, 5.74) is 2.66. The van der Waals surface area contributed by atoms with Crippen molar-refractivity contribution in [1.29, 1.82) is 0 Å². The largest absolute Gasteiger partial charge is 0.355 e. The zero-order chi connectivity index (χ0) is 11.2. The summed E-state index contributed by atoms with van der Waals surface area (Å²) in [6.45, 7) is 8.78. The molecule has 0 bridgehead atoms. The number of anilines is 1. The van der Waals surface area contributed by atoms with Gasteiger partial charge in [0.1, 0.15) is 5.82 Å². The average molecular weight is 228 g/mol. The first-order chi connectivity index (χ1) is 6.94. The summed E-state index contributed by atoms with van der Waals surface area (Å²) in [7, 11) is 1.99. The van der Waals surface area contributed by atoms with E-state index in [0.717, 1.165) is 18.8 Å². The molecule has 1 fully saturated rings. The first-order valence-corrected chi connectivity index (χ1v) is 5.81. The Bertz CT molecular complexity index is 373. The Morgan fingerprint density at radius 1 is 1.40 bits per heavy atom. The molecule has 84 valence electrons. The fraction of sp³-hybridized carbons (Fsp3) is 0.727. The molecule has 1 aromatic rings. The Labute approximate surface area is 96.0 Å². The second kappa shape index (κ2) is 3.41. The van der Waals surface area contributed by atoms with Gasteiger partial charge in [-0.3, -0.25) is 4.68 Å². The Morgan fingerprint density at radius 3 is 2.47 bits per heavy atom. The van der Waals surface area contributed by atoms with Gasteiger partial charge in [0.05, 0.1) is 11.6 Å². The summed E-state index contributed by atoms with van der Waals surface area (Å²) in [5.74, 6) is 1.74. The molecule has 1 aliphatic rings. The molecule has 0 N–H and O–H groups in total. The van der Waals surface area contributed by atoms with E-state index < -0.39 is 0 Å². The van der Waals surface area contributed by atoms with Gasteiger partial charge in [0.25, 0.3) is 0 Å². The molecule has 0 radical (unpaired) electrons. The van der Waals surface area contributed by atoms with E-state index in [4.69, 9.17) is 11.6 Å². The molecular formula is C11H18ClN3. The normalized spacial score (nSPS) is 19.1. The molecular weight excluding hydrogens is 210 g/mol. The molecule has 0 aromatic carbocycles. The van der Waals surface area contributed by atoms with Crippen LogP contribution in [0.2, 0.25) is 0 Å². The molecule has 1 aliphatic heterocycles. The van der Waals surface area contributed by atoms with Crippen LogP contribution in [0.25, 0.3) is 0 Å². The minimum Gasteiger partial charge on any atom is -0.355 e. The number of aromatic nitrogens is 2. The highest BCUT2D eigenvalue weighted by Crippen LogP contribution is 2.36. The first-order valence-electron chi connectivity index (χ1n) is 5.28. The van der Waals surface area contributed by atoms with Crippen molar-refractivity contribution in [1.82, 2.24) is 9.78 Å². The fourth-order valence-electron chi connectivity index (χ4n) is 2.38. The second-order valence-corrected chi connectivity index (χ2v) is 5.43. The van der Waals surface area contributed by atoms with Crippen LogP contribution in [0.5, 0.6) is 0 Å². The van der Waals surface area contributed by atoms with Crippen LogP contribution in [0, 0.1) is 12.3 Å². The van der Waals surface area contributed by atoms with Crippen molar-refractivity contribution in [3.63, 3.8) is 0 Å². The van der Waals surface area contributed by atoms with Gasteiger partial charge in [-0.05, 0) is 12.3 Å². The van der Waals surface area contributed by atoms with E-state index in [1.807, 2.05) is 18.7 Å². The highest BCUT2D eigenvalue weighted by molar-refractivity contribution is 6.17. The number of halogens is 1. The molecule has 15 heavy (non-hydrogen) atoms. The zero-order valence-corrected chi connectivity index (χ0v) is 10.6. The smallest absolute Gasteiger partial charge is 0.131 e. The highest BCUT2D eigenvalue weighted by Gasteiger charge is 2.36. The third-order valence-corrected chi connectivity index (χ3v) is 3.25. The van der Waals surface area contributed by atoms with Crippen molar-refractivity contribution in [2.24, 2.45) is 12.5 Å². The Hall–Kier alpha value is -0.700. The standard InChI is InChI=1S/C11H18ClN3/c1-8-9(5-12)10(14(4)13-8)15-6-11(2,3)7-15/h5-7H2,1-4H3. The number of aryl methyl sites for hydroxylation is 2.